The number of methoxy groups -OCH3 is 2. The van der Waals surface area contributed by atoms with Crippen LogP contribution in [0, 0.1) is 23.7 Å². The number of carbonyl (C=O) groups excluding carboxylic acids is 4. The highest BCUT2D eigenvalue weighted by Crippen LogP contribution is 2.40. The number of thiophene rings is 1. The molecule has 0 aliphatic carbocycles. The zero-order valence-electron chi connectivity index (χ0n) is 37.0. The summed E-state index contributed by atoms with van der Waals surface area (Å²) >= 11 is 1.62. The minimum absolute atomic E-state index is 0.106. The van der Waals surface area contributed by atoms with Crippen LogP contribution in [0.25, 0.3) is 54.1 Å². The fraction of sp³-hybridized carbons (Fsp3) is 0.417. The summed E-state index contributed by atoms with van der Waals surface area (Å²) in [4.78, 5) is 74.2. The van der Waals surface area contributed by atoms with Crippen LogP contribution < -0.4 is 10.6 Å². The molecule has 2 aliphatic heterocycles. The summed E-state index contributed by atoms with van der Waals surface area (Å²) in [5, 5.41) is 5.45. The first-order valence-electron chi connectivity index (χ1n) is 21.7. The van der Waals surface area contributed by atoms with Crippen molar-refractivity contribution >= 4 is 56.7 Å². The van der Waals surface area contributed by atoms with Crippen LogP contribution >= 0.6 is 11.3 Å². The molecule has 4 amide bonds. The second-order valence-corrected chi connectivity index (χ2v) is 18.9. The van der Waals surface area contributed by atoms with Gasteiger partial charge in [0.1, 0.15) is 28.6 Å². The van der Waals surface area contributed by atoms with Gasteiger partial charge in [0.2, 0.25) is 11.8 Å². The molecule has 0 unspecified atom stereocenters. The van der Waals surface area contributed by atoms with Crippen molar-refractivity contribution < 1.29 is 28.7 Å². The number of benzene rings is 3. The fourth-order valence-corrected chi connectivity index (χ4v) is 10.0. The van der Waals surface area contributed by atoms with Crippen LogP contribution in [0.15, 0.2) is 72.8 Å². The van der Waals surface area contributed by atoms with Gasteiger partial charge in [0.05, 0.1) is 42.9 Å². The molecule has 0 radical (unpaired) electrons. The summed E-state index contributed by atoms with van der Waals surface area (Å²) in [5.74, 6) is 1.60. The maximum atomic E-state index is 13.8. The molecule has 6 aromatic rings. The lowest BCUT2D eigenvalue weighted by molar-refractivity contribution is -0.136. The Morgan fingerprint density at radius 3 is 1.56 bits per heavy atom. The molecule has 14 nitrogen and oxygen atoms in total. The molecule has 2 saturated heterocycles. The molecule has 15 heteroatoms. The Bertz CT molecular complexity index is 2600. The van der Waals surface area contributed by atoms with Gasteiger partial charge in [-0.1, -0.05) is 96.1 Å². The van der Waals surface area contributed by atoms with Crippen molar-refractivity contribution in [1.82, 2.24) is 40.4 Å². The van der Waals surface area contributed by atoms with Gasteiger partial charge in [-0.15, -0.1) is 11.3 Å². The molecular formula is C48H56N8O6S. The molecule has 0 saturated carbocycles. The van der Waals surface area contributed by atoms with Crippen LogP contribution in [0.4, 0.5) is 9.59 Å². The molecule has 6 atom stereocenters. The SMILES string of the molecule is COC(=O)N[C@H](C(=O)N1C[C@@H](C)C[C@H]1c1nc2ccc(-c3ccc(-c4ccc(-c5cc6[nH]c([C@@H]7C[C@H](C)CN7C(=O)[C@@H](NC(=O)OC)C(C)C)nc6s5)cc4)cc3)cc2[nH]1)C(C)C. The Hall–Kier alpha value is -6.22. The molecule has 63 heavy (non-hydrogen) atoms. The summed E-state index contributed by atoms with van der Waals surface area (Å²) in [6.07, 6.45) is 0.318. The van der Waals surface area contributed by atoms with E-state index in [4.69, 9.17) is 19.4 Å². The van der Waals surface area contributed by atoms with Crippen molar-refractivity contribution in [3.8, 4) is 32.7 Å². The molecule has 3 aromatic heterocycles. The minimum Gasteiger partial charge on any atom is -0.453 e. The van der Waals surface area contributed by atoms with E-state index in [9.17, 15) is 19.2 Å². The van der Waals surface area contributed by atoms with Crippen LogP contribution in [0.2, 0.25) is 0 Å². The molecule has 3 aromatic carbocycles. The number of ether oxygens (including phenoxy) is 2. The molecule has 4 N–H and O–H groups in total. The maximum Gasteiger partial charge on any atom is 0.407 e. The van der Waals surface area contributed by atoms with Crippen molar-refractivity contribution in [3.63, 3.8) is 0 Å². The smallest absolute Gasteiger partial charge is 0.407 e. The average molecular weight is 873 g/mol. The third-order valence-corrected chi connectivity index (χ3v) is 13.5. The van der Waals surface area contributed by atoms with E-state index in [0.29, 0.717) is 19.0 Å². The van der Waals surface area contributed by atoms with Gasteiger partial charge in [0.25, 0.3) is 0 Å². The van der Waals surface area contributed by atoms with E-state index >= 15 is 0 Å². The first kappa shape index (κ1) is 43.4. The van der Waals surface area contributed by atoms with Gasteiger partial charge in [0.15, 0.2) is 0 Å². The second-order valence-electron chi connectivity index (χ2n) is 17.9. The number of aromatic amines is 2. The molecule has 2 aliphatic rings. The summed E-state index contributed by atoms with van der Waals surface area (Å²) < 4.78 is 9.59. The van der Waals surface area contributed by atoms with Gasteiger partial charge in [-0.3, -0.25) is 9.59 Å². The lowest BCUT2D eigenvalue weighted by Crippen LogP contribution is -2.51. The summed E-state index contributed by atoms with van der Waals surface area (Å²) in [6.45, 7) is 13.1. The number of rotatable bonds is 11. The van der Waals surface area contributed by atoms with Gasteiger partial charge >= 0.3 is 12.2 Å². The number of nitrogens with one attached hydrogen (secondary N) is 4. The van der Waals surface area contributed by atoms with Crippen LogP contribution in [-0.4, -0.2) is 93.1 Å². The van der Waals surface area contributed by atoms with E-state index in [1.165, 1.54) is 14.2 Å². The van der Waals surface area contributed by atoms with Gasteiger partial charge < -0.3 is 39.9 Å². The number of aromatic nitrogens is 4. The third kappa shape index (κ3) is 8.88. The van der Waals surface area contributed by atoms with Crippen LogP contribution in [-0.2, 0) is 19.1 Å². The van der Waals surface area contributed by atoms with E-state index in [2.05, 4.69) is 101 Å². The fourth-order valence-electron chi connectivity index (χ4n) is 9.03. The van der Waals surface area contributed by atoms with Crippen molar-refractivity contribution in [3.05, 3.63) is 84.4 Å². The predicted molar refractivity (Wildman–Crippen MR) is 245 cm³/mol. The number of likely N-dealkylation sites (tertiary alicyclic amines) is 2. The van der Waals surface area contributed by atoms with E-state index in [1.807, 2.05) is 43.6 Å². The highest BCUT2D eigenvalue weighted by molar-refractivity contribution is 7.21. The van der Waals surface area contributed by atoms with Crippen molar-refractivity contribution in [1.29, 1.82) is 0 Å². The Balaban J connectivity index is 0.942. The zero-order valence-corrected chi connectivity index (χ0v) is 37.8. The van der Waals surface area contributed by atoms with E-state index in [1.54, 1.807) is 11.3 Å². The monoisotopic (exact) mass is 872 g/mol. The molecular weight excluding hydrogens is 817 g/mol. The van der Waals surface area contributed by atoms with Gasteiger partial charge in [-0.2, -0.15) is 0 Å². The first-order chi connectivity index (χ1) is 30.2. The Kier molecular flexibility index (Phi) is 12.3. The summed E-state index contributed by atoms with van der Waals surface area (Å²) in [7, 11) is 2.60. The van der Waals surface area contributed by atoms with Gasteiger partial charge in [-0.25, -0.2) is 19.6 Å². The number of nitrogens with zero attached hydrogens (tertiary/aromatic N) is 4. The van der Waals surface area contributed by atoms with Crippen LogP contribution in [0.5, 0.6) is 0 Å². The molecule has 330 valence electrons. The second kappa shape index (κ2) is 17.9. The number of hydrogen-bond acceptors (Lipinski definition) is 9. The maximum absolute atomic E-state index is 13.8. The number of amides is 4. The number of imidazole rings is 2. The average Bonchev–Trinajstić information content (AvgIpc) is 4.12. The van der Waals surface area contributed by atoms with Crippen molar-refractivity contribution in [2.24, 2.45) is 23.7 Å². The van der Waals surface area contributed by atoms with E-state index < -0.39 is 24.3 Å². The Morgan fingerprint density at radius 2 is 1.08 bits per heavy atom. The molecule has 0 bridgehead atoms. The molecule has 0 spiro atoms. The quantitative estimate of drug-likeness (QED) is 0.0998. The number of alkyl carbamates (subject to hydrolysis) is 2. The molecule has 5 heterocycles. The zero-order chi connectivity index (χ0) is 44.7. The Labute approximate surface area is 371 Å². The Morgan fingerprint density at radius 1 is 0.635 bits per heavy atom. The highest BCUT2D eigenvalue weighted by atomic mass is 32.1. The number of carbonyl (C=O) groups is 4. The minimum atomic E-state index is -0.699. The lowest BCUT2D eigenvalue weighted by Gasteiger charge is -2.30. The van der Waals surface area contributed by atoms with Gasteiger partial charge in [-0.05, 0) is 82.5 Å². The van der Waals surface area contributed by atoms with E-state index in [0.717, 1.165) is 78.6 Å². The largest absolute Gasteiger partial charge is 0.453 e. The summed E-state index contributed by atoms with van der Waals surface area (Å²) in [6, 6.07) is 23.6. The van der Waals surface area contributed by atoms with Crippen molar-refractivity contribution in [2.45, 2.75) is 78.6 Å². The predicted octanol–water partition coefficient (Wildman–Crippen LogP) is 9.08. The normalized spacial score (nSPS) is 19.8. The molecule has 8 rings (SSSR count). The summed E-state index contributed by atoms with van der Waals surface area (Å²) in [5.41, 5.74) is 8.10. The standard InChI is InChI=1S/C48H56N8O6S/c1-25(2)40(52-47(59)61-7)45(57)55-23-27(5)19-37(55)42-49-34-18-17-33(21-35(34)50-42)31-11-9-29(10-12-31)30-13-15-32(16-14-30)39-22-36-44(63-39)54-43(51-36)38-20-28(6)24-56(38)46(58)41(26(3)4)53-48(60)62-8/h9-18,21-22,25-28,37-38,40-41H,19-20,23-24H2,1-8H3,(H,49,50)(H,51,54)(H,52,59)(H,53,60)/t27-,28-,37-,38-,40-,41-/m0/s1. The first-order valence-corrected chi connectivity index (χ1v) is 22.5. The van der Waals surface area contributed by atoms with Crippen molar-refractivity contribution in [2.75, 3.05) is 27.3 Å². The molecule has 2 fully saturated rings. The third-order valence-electron chi connectivity index (χ3n) is 12.4. The van der Waals surface area contributed by atoms with Gasteiger partial charge in [0, 0.05) is 18.0 Å². The number of hydrogen-bond donors (Lipinski definition) is 4. The number of H-pyrrole nitrogens is 2. The van der Waals surface area contributed by atoms with Crippen LogP contribution in [0.1, 0.15) is 78.1 Å². The number of fused-ring (bicyclic) bond motifs is 2. The van der Waals surface area contributed by atoms with E-state index in [-0.39, 0.29) is 41.7 Å². The topological polar surface area (TPSA) is 175 Å². The lowest BCUT2D eigenvalue weighted by atomic mass is 9.99. The highest BCUT2D eigenvalue weighted by Gasteiger charge is 2.42. The van der Waals surface area contributed by atoms with Crippen LogP contribution in [0.3, 0.4) is 0 Å².